The molecule has 9 heteroatoms. The van der Waals surface area contributed by atoms with Crippen molar-refractivity contribution in [2.45, 2.75) is 38.5 Å². The molecule has 0 unspecified atom stereocenters. The van der Waals surface area contributed by atoms with E-state index in [4.69, 9.17) is 0 Å². The van der Waals surface area contributed by atoms with Gasteiger partial charge in [-0.15, -0.1) is 11.3 Å². The molecule has 5 heterocycles. The van der Waals surface area contributed by atoms with Gasteiger partial charge in [0.15, 0.2) is 5.82 Å². The quantitative estimate of drug-likeness (QED) is 0.388. The Bertz CT molecular complexity index is 1340. The molecule has 4 aromatic rings. The van der Waals surface area contributed by atoms with Crippen LogP contribution >= 0.6 is 11.3 Å². The third kappa shape index (κ3) is 4.34. The van der Waals surface area contributed by atoms with Crippen LogP contribution in [0.3, 0.4) is 0 Å². The monoisotopic (exact) mass is 489 g/mol. The Labute approximate surface area is 207 Å². The third-order valence-corrected chi connectivity index (χ3v) is 8.40. The fourth-order valence-electron chi connectivity index (χ4n) is 5.18. The number of rotatable bonds is 5. The van der Waals surface area contributed by atoms with E-state index in [1.54, 1.807) is 11.3 Å². The maximum absolute atomic E-state index is 15.0. The molecule has 0 bridgehead atoms. The fraction of sp³-hybridized carbons (Fsp3) is 0.385. The summed E-state index contributed by atoms with van der Waals surface area (Å²) >= 11 is 1.59. The molecular formula is C26H28FN7S. The molecule has 4 aromatic heterocycles. The molecule has 0 spiro atoms. The first-order valence-electron chi connectivity index (χ1n) is 12.3. The Balaban J connectivity index is 1.29. The zero-order valence-electron chi connectivity index (χ0n) is 19.7. The maximum Gasteiger partial charge on any atom is 0.229 e. The summed E-state index contributed by atoms with van der Waals surface area (Å²) in [4.78, 5) is 21.0. The summed E-state index contributed by atoms with van der Waals surface area (Å²) in [7, 11) is 0. The van der Waals surface area contributed by atoms with E-state index in [2.05, 4.69) is 41.5 Å². The number of thiophene rings is 1. The van der Waals surface area contributed by atoms with E-state index in [-0.39, 0.29) is 0 Å². The zero-order valence-corrected chi connectivity index (χ0v) is 20.5. The van der Waals surface area contributed by atoms with Crippen molar-refractivity contribution in [1.82, 2.24) is 25.3 Å². The molecule has 35 heavy (non-hydrogen) atoms. The lowest BCUT2D eigenvalue weighted by Gasteiger charge is -2.29. The maximum atomic E-state index is 15.0. The van der Waals surface area contributed by atoms with Crippen LogP contribution in [0.2, 0.25) is 0 Å². The normalized spacial score (nSPS) is 16.8. The predicted molar refractivity (Wildman–Crippen MR) is 139 cm³/mol. The molecule has 0 amide bonds. The van der Waals surface area contributed by atoms with Crippen LogP contribution in [0.25, 0.3) is 20.8 Å². The number of piperazine rings is 1. The zero-order chi connectivity index (χ0) is 23.8. The highest BCUT2D eigenvalue weighted by Crippen LogP contribution is 2.44. The molecule has 2 N–H and O–H groups in total. The topological polar surface area (TPSA) is 78.9 Å². The Morgan fingerprint density at radius 2 is 1.89 bits per heavy atom. The second kappa shape index (κ2) is 9.47. The SMILES string of the molecule is Cc1c(-c2nc(Nc3ccc(N4CCNCC4)cn3)ncc2F)sc2c(C3CCCC3)ccnc12. The van der Waals surface area contributed by atoms with Crippen molar-refractivity contribution in [3.63, 3.8) is 0 Å². The van der Waals surface area contributed by atoms with Crippen LogP contribution in [0.1, 0.15) is 42.7 Å². The van der Waals surface area contributed by atoms with Crippen LogP contribution in [-0.2, 0) is 0 Å². The lowest BCUT2D eigenvalue weighted by atomic mass is 9.98. The van der Waals surface area contributed by atoms with Crippen molar-refractivity contribution in [2.24, 2.45) is 0 Å². The molecule has 180 valence electrons. The predicted octanol–water partition coefficient (Wildman–Crippen LogP) is 5.41. The second-order valence-electron chi connectivity index (χ2n) is 9.27. The summed E-state index contributed by atoms with van der Waals surface area (Å²) in [5.41, 5.74) is 4.65. The smallest absolute Gasteiger partial charge is 0.229 e. The van der Waals surface area contributed by atoms with Crippen molar-refractivity contribution < 1.29 is 4.39 Å². The summed E-state index contributed by atoms with van der Waals surface area (Å²) in [6.07, 6.45) is 9.93. The summed E-state index contributed by atoms with van der Waals surface area (Å²) in [5, 5.41) is 6.50. The van der Waals surface area contributed by atoms with Crippen LogP contribution in [0.4, 0.5) is 21.8 Å². The van der Waals surface area contributed by atoms with Crippen LogP contribution in [0.5, 0.6) is 0 Å². The molecule has 1 aliphatic heterocycles. The van der Waals surface area contributed by atoms with Crippen molar-refractivity contribution in [2.75, 3.05) is 36.4 Å². The highest BCUT2D eigenvalue weighted by Gasteiger charge is 2.24. The molecule has 7 nitrogen and oxygen atoms in total. The number of nitrogens with one attached hydrogen (secondary N) is 2. The third-order valence-electron chi connectivity index (χ3n) is 7.06. The summed E-state index contributed by atoms with van der Waals surface area (Å²) in [6, 6.07) is 6.08. The molecular weight excluding hydrogens is 461 g/mol. The largest absolute Gasteiger partial charge is 0.368 e. The molecule has 0 radical (unpaired) electrons. The van der Waals surface area contributed by atoms with E-state index in [9.17, 15) is 4.39 Å². The number of nitrogens with zero attached hydrogens (tertiary/aromatic N) is 5. The van der Waals surface area contributed by atoms with Crippen LogP contribution in [-0.4, -0.2) is 46.1 Å². The average molecular weight is 490 g/mol. The lowest BCUT2D eigenvalue weighted by Crippen LogP contribution is -2.43. The number of halogens is 1. The molecule has 0 atom stereocenters. The van der Waals surface area contributed by atoms with Gasteiger partial charge in [0, 0.05) is 32.4 Å². The number of anilines is 3. The minimum Gasteiger partial charge on any atom is -0.368 e. The number of pyridine rings is 2. The summed E-state index contributed by atoms with van der Waals surface area (Å²) < 4.78 is 16.1. The fourth-order valence-corrected chi connectivity index (χ4v) is 6.53. The summed E-state index contributed by atoms with van der Waals surface area (Å²) in [6.45, 7) is 5.88. The van der Waals surface area contributed by atoms with Gasteiger partial charge in [-0.1, -0.05) is 12.8 Å². The number of fused-ring (bicyclic) bond motifs is 1. The van der Waals surface area contributed by atoms with Crippen molar-refractivity contribution in [1.29, 1.82) is 0 Å². The van der Waals surface area contributed by atoms with Gasteiger partial charge in [0.25, 0.3) is 0 Å². The van der Waals surface area contributed by atoms with Crippen molar-refractivity contribution in [3.8, 4) is 10.6 Å². The van der Waals surface area contributed by atoms with Gasteiger partial charge >= 0.3 is 0 Å². The van der Waals surface area contributed by atoms with Gasteiger partial charge in [-0.05, 0) is 55.0 Å². The number of aromatic nitrogens is 4. The summed E-state index contributed by atoms with van der Waals surface area (Å²) in [5.74, 6) is 1.08. The number of hydrogen-bond acceptors (Lipinski definition) is 8. The van der Waals surface area contributed by atoms with E-state index < -0.39 is 5.82 Å². The molecule has 0 aromatic carbocycles. The molecule has 2 fully saturated rings. The van der Waals surface area contributed by atoms with Gasteiger partial charge in [0.2, 0.25) is 5.95 Å². The van der Waals surface area contributed by atoms with Crippen LogP contribution in [0.15, 0.2) is 36.8 Å². The van der Waals surface area contributed by atoms with Gasteiger partial charge in [-0.2, -0.15) is 0 Å². The average Bonchev–Trinajstić information content (AvgIpc) is 3.55. The minimum atomic E-state index is -0.436. The Kier molecular flexibility index (Phi) is 6.03. The van der Waals surface area contributed by atoms with Crippen LogP contribution < -0.4 is 15.5 Å². The minimum absolute atomic E-state index is 0.304. The molecule has 6 rings (SSSR count). The first kappa shape index (κ1) is 22.3. The van der Waals surface area contributed by atoms with Gasteiger partial charge in [0.05, 0.1) is 33.2 Å². The molecule has 1 saturated carbocycles. The van der Waals surface area contributed by atoms with E-state index in [1.165, 1.54) is 37.4 Å². The van der Waals surface area contributed by atoms with Crippen molar-refractivity contribution in [3.05, 3.63) is 53.7 Å². The van der Waals surface area contributed by atoms with E-state index in [0.29, 0.717) is 23.4 Å². The first-order chi connectivity index (χ1) is 17.2. The Morgan fingerprint density at radius 3 is 2.66 bits per heavy atom. The van der Waals surface area contributed by atoms with Gasteiger partial charge < -0.3 is 15.5 Å². The van der Waals surface area contributed by atoms with E-state index >= 15 is 0 Å². The van der Waals surface area contributed by atoms with Crippen molar-refractivity contribution >= 4 is 39.0 Å². The molecule has 2 aliphatic rings. The number of hydrogen-bond donors (Lipinski definition) is 2. The van der Waals surface area contributed by atoms with E-state index in [1.807, 2.05) is 31.5 Å². The first-order valence-corrected chi connectivity index (χ1v) is 13.1. The lowest BCUT2D eigenvalue weighted by molar-refractivity contribution is 0.589. The Morgan fingerprint density at radius 1 is 1.06 bits per heavy atom. The molecule has 1 aliphatic carbocycles. The van der Waals surface area contributed by atoms with Gasteiger partial charge in [0.1, 0.15) is 11.5 Å². The Hall–Kier alpha value is -3.17. The van der Waals surface area contributed by atoms with Gasteiger partial charge in [-0.25, -0.2) is 19.3 Å². The van der Waals surface area contributed by atoms with E-state index in [0.717, 1.165) is 52.5 Å². The highest BCUT2D eigenvalue weighted by atomic mass is 32.1. The molecule has 1 saturated heterocycles. The van der Waals surface area contributed by atoms with Gasteiger partial charge in [-0.3, -0.25) is 4.98 Å². The second-order valence-corrected chi connectivity index (χ2v) is 10.3. The standard InChI is InChI=1S/C26H28FN7S/c1-16-22-25(19(8-9-29-22)17-4-2-3-5-17)35-24(16)23-20(27)15-31-26(33-23)32-21-7-6-18(14-30-21)34-12-10-28-11-13-34/h6-9,14-15,17,28H,2-5,10-13H2,1H3,(H,30,31,32,33). The number of aryl methyl sites for hydroxylation is 1. The van der Waals surface area contributed by atoms with Crippen LogP contribution in [0, 0.1) is 12.7 Å². The highest BCUT2D eigenvalue weighted by molar-refractivity contribution is 7.22.